The van der Waals surface area contributed by atoms with Crippen molar-refractivity contribution in [2.45, 2.75) is 12.5 Å². The Balaban J connectivity index is 1.69. The van der Waals surface area contributed by atoms with Crippen LogP contribution in [0.3, 0.4) is 0 Å². The van der Waals surface area contributed by atoms with Gasteiger partial charge < -0.3 is 14.9 Å². The maximum Gasteiger partial charge on any atom is 0.345 e. The zero-order chi connectivity index (χ0) is 15.8. The molecule has 23 heavy (non-hydrogen) atoms. The largest absolute Gasteiger partial charge is 0.508 e. The fourth-order valence-corrected chi connectivity index (χ4v) is 2.84. The second-order valence-electron chi connectivity index (χ2n) is 5.49. The lowest BCUT2D eigenvalue weighted by Gasteiger charge is -2.11. The molecule has 114 valence electrons. The van der Waals surface area contributed by atoms with Crippen LogP contribution >= 0.6 is 0 Å². The molecule has 0 saturated carbocycles. The fraction of sp³-hybridized carbons (Fsp3) is 0.111. The van der Waals surface area contributed by atoms with Crippen LogP contribution in [0.15, 0.2) is 68.9 Å². The van der Waals surface area contributed by atoms with Gasteiger partial charge in [-0.05, 0) is 18.2 Å². The van der Waals surface area contributed by atoms with Gasteiger partial charge in [0.05, 0.1) is 17.3 Å². The van der Waals surface area contributed by atoms with Crippen molar-refractivity contribution in [1.29, 1.82) is 0 Å². The third kappa shape index (κ3) is 2.36. The maximum absolute atomic E-state index is 12.2. The van der Waals surface area contributed by atoms with Gasteiger partial charge in [-0.15, -0.1) is 0 Å². The number of nitrogens with zero attached hydrogens (tertiary/aromatic N) is 1. The first-order valence-corrected chi connectivity index (χ1v) is 7.35. The van der Waals surface area contributed by atoms with Crippen molar-refractivity contribution < 1.29 is 9.52 Å². The number of phenolic OH excluding ortho intramolecular Hbond substituents is 1. The van der Waals surface area contributed by atoms with Crippen LogP contribution in [0.25, 0.3) is 11.0 Å². The number of benzene rings is 2. The SMILES string of the molecule is O=c1oc2ccccc2cc1C1=NNC(c2ccccc2O)C1. The van der Waals surface area contributed by atoms with E-state index in [1.807, 2.05) is 30.3 Å². The number of rotatable bonds is 2. The highest BCUT2D eigenvalue weighted by Crippen LogP contribution is 2.30. The third-order valence-corrected chi connectivity index (χ3v) is 4.02. The van der Waals surface area contributed by atoms with Gasteiger partial charge in [-0.2, -0.15) is 5.10 Å². The lowest BCUT2D eigenvalue weighted by atomic mass is 9.99. The van der Waals surface area contributed by atoms with E-state index < -0.39 is 5.63 Å². The van der Waals surface area contributed by atoms with Crippen molar-refractivity contribution in [3.63, 3.8) is 0 Å². The number of fused-ring (bicyclic) bond motifs is 1. The summed E-state index contributed by atoms with van der Waals surface area (Å²) in [5.74, 6) is 0.215. The molecule has 5 nitrogen and oxygen atoms in total. The minimum absolute atomic E-state index is 0.155. The Morgan fingerprint density at radius 3 is 2.78 bits per heavy atom. The normalized spacial score (nSPS) is 17.0. The number of phenols is 1. The van der Waals surface area contributed by atoms with Crippen LogP contribution in [0.2, 0.25) is 0 Å². The van der Waals surface area contributed by atoms with E-state index in [2.05, 4.69) is 10.5 Å². The summed E-state index contributed by atoms with van der Waals surface area (Å²) in [6, 6.07) is 16.1. The first kappa shape index (κ1) is 13.6. The molecule has 1 unspecified atom stereocenters. The third-order valence-electron chi connectivity index (χ3n) is 4.02. The first-order valence-electron chi connectivity index (χ1n) is 7.35. The van der Waals surface area contributed by atoms with Crippen LogP contribution in [0.4, 0.5) is 0 Å². The molecule has 2 heterocycles. The van der Waals surface area contributed by atoms with E-state index in [0.717, 1.165) is 10.9 Å². The molecule has 0 saturated heterocycles. The van der Waals surface area contributed by atoms with E-state index in [1.165, 1.54) is 0 Å². The highest BCUT2D eigenvalue weighted by Gasteiger charge is 2.25. The van der Waals surface area contributed by atoms with Crippen molar-refractivity contribution in [2.24, 2.45) is 5.10 Å². The molecule has 0 bridgehead atoms. The van der Waals surface area contributed by atoms with Crippen LogP contribution < -0.4 is 11.1 Å². The Labute approximate surface area is 131 Å². The van der Waals surface area contributed by atoms with Crippen LogP contribution in [-0.4, -0.2) is 10.8 Å². The molecule has 1 aliphatic heterocycles. The predicted octanol–water partition coefficient (Wildman–Crippen LogP) is 2.94. The number of hydrogen-bond acceptors (Lipinski definition) is 5. The molecule has 2 N–H and O–H groups in total. The molecule has 3 aromatic rings. The summed E-state index contributed by atoms with van der Waals surface area (Å²) in [5.41, 5.74) is 4.99. The van der Waals surface area contributed by atoms with E-state index in [0.29, 0.717) is 23.3 Å². The maximum atomic E-state index is 12.2. The number of aromatic hydroxyl groups is 1. The Morgan fingerprint density at radius 1 is 1.13 bits per heavy atom. The number of hydrogen-bond donors (Lipinski definition) is 2. The molecule has 1 aliphatic rings. The van der Waals surface area contributed by atoms with Gasteiger partial charge in [0.1, 0.15) is 11.3 Å². The van der Waals surface area contributed by atoms with Crippen LogP contribution in [0.1, 0.15) is 23.6 Å². The summed E-state index contributed by atoms with van der Waals surface area (Å²) in [5, 5.41) is 15.1. The monoisotopic (exact) mass is 306 g/mol. The smallest absolute Gasteiger partial charge is 0.345 e. The Morgan fingerprint density at radius 2 is 1.91 bits per heavy atom. The molecule has 1 aromatic heterocycles. The molecule has 0 aliphatic carbocycles. The lowest BCUT2D eigenvalue weighted by molar-refractivity contribution is 0.455. The summed E-state index contributed by atoms with van der Waals surface area (Å²) < 4.78 is 5.36. The molecule has 2 aromatic carbocycles. The number of hydrazone groups is 1. The van der Waals surface area contributed by atoms with Crippen LogP contribution in [-0.2, 0) is 0 Å². The van der Waals surface area contributed by atoms with Crippen molar-refractivity contribution in [3.8, 4) is 5.75 Å². The lowest BCUT2D eigenvalue weighted by Crippen LogP contribution is -2.14. The zero-order valence-electron chi connectivity index (χ0n) is 12.2. The zero-order valence-corrected chi connectivity index (χ0v) is 12.2. The van der Waals surface area contributed by atoms with E-state index in [4.69, 9.17) is 4.42 Å². The highest BCUT2D eigenvalue weighted by atomic mass is 16.4. The minimum Gasteiger partial charge on any atom is -0.508 e. The van der Waals surface area contributed by atoms with Crippen molar-refractivity contribution in [2.75, 3.05) is 0 Å². The molecule has 4 rings (SSSR count). The Kier molecular flexibility index (Phi) is 3.12. The average molecular weight is 306 g/mol. The molecule has 0 spiro atoms. The molecule has 0 amide bonds. The van der Waals surface area contributed by atoms with E-state index in [9.17, 15) is 9.90 Å². The van der Waals surface area contributed by atoms with Gasteiger partial charge >= 0.3 is 5.63 Å². The van der Waals surface area contributed by atoms with Gasteiger partial charge in [-0.25, -0.2) is 4.79 Å². The van der Waals surface area contributed by atoms with Gasteiger partial charge in [0.25, 0.3) is 0 Å². The van der Waals surface area contributed by atoms with Gasteiger partial charge in [-0.1, -0.05) is 36.4 Å². The van der Waals surface area contributed by atoms with E-state index >= 15 is 0 Å². The minimum atomic E-state index is -0.401. The summed E-state index contributed by atoms with van der Waals surface area (Å²) in [4.78, 5) is 12.2. The van der Waals surface area contributed by atoms with Gasteiger partial charge in [-0.3, -0.25) is 0 Å². The Bertz CT molecular complexity index is 975. The van der Waals surface area contributed by atoms with Crippen LogP contribution in [0, 0.1) is 0 Å². The Hall–Kier alpha value is -3.08. The quantitative estimate of drug-likeness (QED) is 0.714. The summed E-state index contributed by atoms with van der Waals surface area (Å²) >= 11 is 0. The van der Waals surface area contributed by atoms with E-state index in [-0.39, 0.29) is 11.8 Å². The fourth-order valence-electron chi connectivity index (χ4n) is 2.84. The second kappa shape index (κ2) is 5.28. The topological polar surface area (TPSA) is 74.8 Å². The van der Waals surface area contributed by atoms with Crippen molar-refractivity contribution >= 4 is 16.7 Å². The molecule has 0 radical (unpaired) electrons. The molecule has 1 atom stereocenters. The van der Waals surface area contributed by atoms with Gasteiger partial charge in [0, 0.05) is 17.4 Å². The second-order valence-corrected chi connectivity index (χ2v) is 5.49. The number of para-hydroxylation sites is 2. The molecular weight excluding hydrogens is 292 g/mol. The summed E-state index contributed by atoms with van der Waals surface area (Å²) in [7, 11) is 0. The molecule has 0 fully saturated rings. The summed E-state index contributed by atoms with van der Waals surface area (Å²) in [6.07, 6.45) is 0.515. The number of nitrogens with one attached hydrogen (secondary N) is 1. The standard InChI is InChI=1S/C18H14N2O3/c21-16-7-3-2-6-12(16)14-10-15(20-19-14)13-9-11-5-1-4-8-17(11)23-18(13)22/h1-9,14,19,21H,10H2. The van der Waals surface area contributed by atoms with E-state index in [1.54, 1.807) is 24.3 Å². The van der Waals surface area contributed by atoms with Gasteiger partial charge in [0.15, 0.2) is 0 Å². The predicted molar refractivity (Wildman–Crippen MR) is 87.6 cm³/mol. The van der Waals surface area contributed by atoms with Gasteiger partial charge in [0.2, 0.25) is 0 Å². The molecular formula is C18H14N2O3. The first-order chi connectivity index (χ1) is 11.2. The molecule has 5 heteroatoms. The van der Waals surface area contributed by atoms with Crippen molar-refractivity contribution in [3.05, 3.63) is 76.1 Å². The highest BCUT2D eigenvalue weighted by molar-refractivity contribution is 6.03. The van der Waals surface area contributed by atoms with Crippen LogP contribution in [0.5, 0.6) is 5.75 Å². The summed E-state index contributed by atoms with van der Waals surface area (Å²) in [6.45, 7) is 0. The van der Waals surface area contributed by atoms with Crippen molar-refractivity contribution in [1.82, 2.24) is 5.43 Å². The average Bonchev–Trinajstić information content (AvgIpc) is 3.04.